The zero-order valence-electron chi connectivity index (χ0n) is 20.7. The number of carbonyl (C=O) groups excluding carboxylic acids is 1. The third-order valence-electron chi connectivity index (χ3n) is 5.20. The van der Waals surface area contributed by atoms with Gasteiger partial charge in [-0.3, -0.25) is 4.79 Å². The minimum Gasteiger partial charge on any atom is -0.478 e. The van der Waals surface area contributed by atoms with Crippen LogP contribution in [0.2, 0.25) is 0 Å². The van der Waals surface area contributed by atoms with E-state index in [0.29, 0.717) is 28.7 Å². The standard InChI is InChI=1S/C27H33F3N2O3/c1-17(2)15-32(16-18(3)4)24-10-9-21(19(5)11-26(34)35)14-23(24)31-25(33)13-20-7-6-8-22(12-20)27(28,29)30/h6-12,14,17-18H,13,15-16H2,1-5H3,(H,31,33)(H,34,35)/b19-11+. The lowest BCUT2D eigenvalue weighted by Crippen LogP contribution is -2.32. The number of nitrogens with one attached hydrogen (secondary N) is 1. The smallest absolute Gasteiger partial charge is 0.416 e. The van der Waals surface area contributed by atoms with E-state index in [1.54, 1.807) is 19.1 Å². The van der Waals surface area contributed by atoms with E-state index in [1.165, 1.54) is 12.1 Å². The molecule has 0 saturated heterocycles. The molecule has 0 aliphatic carbocycles. The lowest BCUT2D eigenvalue weighted by Gasteiger charge is -2.31. The second-order valence-corrected chi connectivity index (χ2v) is 9.51. The molecule has 0 radical (unpaired) electrons. The van der Waals surface area contributed by atoms with Crippen LogP contribution in [0.15, 0.2) is 48.5 Å². The zero-order valence-corrected chi connectivity index (χ0v) is 20.7. The van der Waals surface area contributed by atoms with Crippen LogP contribution < -0.4 is 10.2 Å². The van der Waals surface area contributed by atoms with Crippen LogP contribution in [-0.2, 0) is 22.2 Å². The molecule has 2 aromatic carbocycles. The molecule has 0 unspecified atom stereocenters. The first kappa shape index (κ1) is 28.0. The number of anilines is 2. The van der Waals surface area contributed by atoms with Gasteiger partial charge in [0, 0.05) is 19.2 Å². The Hall–Kier alpha value is -3.29. The number of allylic oxidation sites excluding steroid dienone is 1. The lowest BCUT2D eigenvalue weighted by atomic mass is 10.0. The minimum atomic E-state index is -4.49. The van der Waals surface area contributed by atoms with Gasteiger partial charge in [-0.2, -0.15) is 13.2 Å². The molecular weight excluding hydrogens is 457 g/mol. The number of carboxylic acids is 1. The van der Waals surface area contributed by atoms with Crippen LogP contribution in [0.5, 0.6) is 0 Å². The first-order valence-corrected chi connectivity index (χ1v) is 11.5. The summed E-state index contributed by atoms with van der Waals surface area (Å²) in [5, 5.41) is 12.0. The number of aliphatic carboxylic acids is 1. The molecule has 0 aromatic heterocycles. The van der Waals surface area contributed by atoms with E-state index < -0.39 is 23.6 Å². The van der Waals surface area contributed by atoms with E-state index in [4.69, 9.17) is 5.11 Å². The number of rotatable bonds is 10. The van der Waals surface area contributed by atoms with Gasteiger partial charge in [0.25, 0.3) is 0 Å². The number of carbonyl (C=O) groups is 2. The number of alkyl halides is 3. The van der Waals surface area contributed by atoms with Crippen LogP contribution in [0.4, 0.5) is 24.5 Å². The Labute approximate surface area is 204 Å². The van der Waals surface area contributed by atoms with Gasteiger partial charge in [0.2, 0.25) is 5.91 Å². The molecule has 0 fully saturated rings. The third kappa shape index (κ3) is 8.77. The van der Waals surface area contributed by atoms with Crippen molar-refractivity contribution in [1.82, 2.24) is 0 Å². The average Bonchev–Trinajstić information content (AvgIpc) is 2.71. The average molecular weight is 491 g/mol. The second-order valence-electron chi connectivity index (χ2n) is 9.51. The maximum Gasteiger partial charge on any atom is 0.416 e. The summed E-state index contributed by atoms with van der Waals surface area (Å²) in [6.07, 6.45) is -3.63. The van der Waals surface area contributed by atoms with Crippen LogP contribution in [-0.4, -0.2) is 30.1 Å². The Bertz CT molecular complexity index is 1070. The number of benzene rings is 2. The Morgan fingerprint density at radius 3 is 2.20 bits per heavy atom. The van der Waals surface area contributed by atoms with Gasteiger partial charge in [-0.25, -0.2) is 4.79 Å². The summed E-state index contributed by atoms with van der Waals surface area (Å²) in [7, 11) is 0. The fourth-order valence-corrected chi connectivity index (χ4v) is 3.82. The van der Waals surface area contributed by atoms with Gasteiger partial charge in [0.1, 0.15) is 0 Å². The van der Waals surface area contributed by atoms with E-state index in [-0.39, 0.29) is 12.0 Å². The summed E-state index contributed by atoms with van der Waals surface area (Å²) < 4.78 is 39.2. The summed E-state index contributed by atoms with van der Waals surface area (Å²) in [5.41, 5.74) is 1.84. The van der Waals surface area contributed by atoms with Crippen molar-refractivity contribution in [2.75, 3.05) is 23.3 Å². The Morgan fingerprint density at radius 2 is 1.66 bits per heavy atom. The van der Waals surface area contributed by atoms with E-state index in [2.05, 4.69) is 37.9 Å². The van der Waals surface area contributed by atoms with Crippen LogP contribution in [0.1, 0.15) is 51.3 Å². The quantitative estimate of drug-likeness (QED) is 0.374. The molecule has 190 valence electrons. The van der Waals surface area contributed by atoms with Crippen LogP contribution >= 0.6 is 0 Å². The number of nitrogens with zero attached hydrogens (tertiary/aromatic N) is 1. The molecule has 2 aromatic rings. The topological polar surface area (TPSA) is 69.6 Å². The van der Waals surface area contributed by atoms with Crippen molar-refractivity contribution >= 4 is 28.8 Å². The predicted octanol–water partition coefficient (Wildman–Crippen LogP) is 6.49. The molecule has 0 saturated carbocycles. The van der Waals surface area contributed by atoms with Crippen molar-refractivity contribution in [3.05, 3.63) is 65.2 Å². The monoisotopic (exact) mass is 490 g/mol. The van der Waals surface area contributed by atoms with Gasteiger partial charge in [-0.1, -0.05) is 52.0 Å². The normalized spacial score (nSPS) is 12.2. The predicted molar refractivity (Wildman–Crippen MR) is 133 cm³/mol. The SMILES string of the molecule is C/C(=C\C(=O)O)c1ccc(N(CC(C)C)CC(C)C)c(NC(=O)Cc2cccc(C(F)(F)F)c2)c1. The van der Waals surface area contributed by atoms with Gasteiger partial charge in [-0.05, 0) is 53.7 Å². The molecule has 5 nitrogen and oxygen atoms in total. The third-order valence-corrected chi connectivity index (χ3v) is 5.20. The molecule has 0 heterocycles. The molecule has 1 amide bonds. The van der Waals surface area contributed by atoms with Gasteiger partial charge in [0.05, 0.1) is 23.4 Å². The Kier molecular flexibility index (Phi) is 9.51. The maximum absolute atomic E-state index is 13.1. The highest BCUT2D eigenvalue weighted by atomic mass is 19.4. The summed E-state index contributed by atoms with van der Waals surface area (Å²) in [6, 6.07) is 10.1. The fraction of sp³-hybridized carbons (Fsp3) is 0.407. The van der Waals surface area contributed by atoms with E-state index >= 15 is 0 Å². The molecule has 0 aliphatic rings. The first-order chi connectivity index (χ1) is 16.3. The largest absolute Gasteiger partial charge is 0.478 e. The van der Waals surface area contributed by atoms with Crippen molar-refractivity contribution < 1.29 is 27.9 Å². The van der Waals surface area contributed by atoms with Crippen LogP contribution in [0.3, 0.4) is 0 Å². The van der Waals surface area contributed by atoms with E-state index in [0.717, 1.165) is 37.0 Å². The molecule has 0 aliphatic heterocycles. The Morgan fingerprint density at radius 1 is 1.03 bits per heavy atom. The number of hydrogen-bond donors (Lipinski definition) is 2. The van der Waals surface area contributed by atoms with E-state index in [9.17, 15) is 22.8 Å². The molecule has 2 N–H and O–H groups in total. The first-order valence-electron chi connectivity index (χ1n) is 11.5. The molecule has 0 bridgehead atoms. The molecule has 8 heteroatoms. The summed E-state index contributed by atoms with van der Waals surface area (Å²) in [5.74, 6) is -0.856. The van der Waals surface area contributed by atoms with E-state index in [1.807, 2.05) is 6.07 Å². The number of carboxylic acid groups (broad SMARTS) is 1. The summed E-state index contributed by atoms with van der Waals surface area (Å²) in [4.78, 5) is 26.2. The van der Waals surface area contributed by atoms with Gasteiger partial charge >= 0.3 is 12.1 Å². The highest BCUT2D eigenvalue weighted by Gasteiger charge is 2.30. The maximum atomic E-state index is 13.1. The summed E-state index contributed by atoms with van der Waals surface area (Å²) >= 11 is 0. The zero-order chi connectivity index (χ0) is 26.3. The molecular formula is C27H33F3N2O3. The van der Waals surface area contributed by atoms with Crippen molar-refractivity contribution in [2.45, 2.75) is 47.2 Å². The van der Waals surface area contributed by atoms with Crippen molar-refractivity contribution in [1.29, 1.82) is 0 Å². The van der Waals surface area contributed by atoms with Gasteiger partial charge in [-0.15, -0.1) is 0 Å². The highest BCUT2D eigenvalue weighted by molar-refractivity contribution is 5.97. The van der Waals surface area contributed by atoms with Crippen LogP contribution in [0.25, 0.3) is 5.57 Å². The number of halogens is 3. The Balaban J connectivity index is 2.43. The molecule has 2 rings (SSSR count). The van der Waals surface area contributed by atoms with Crippen LogP contribution in [0, 0.1) is 11.8 Å². The molecule has 35 heavy (non-hydrogen) atoms. The minimum absolute atomic E-state index is 0.230. The molecule has 0 spiro atoms. The van der Waals surface area contributed by atoms with Crippen molar-refractivity contribution in [3.63, 3.8) is 0 Å². The van der Waals surface area contributed by atoms with Crippen molar-refractivity contribution in [3.8, 4) is 0 Å². The summed E-state index contributed by atoms with van der Waals surface area (Å²) in [6.45, 7) is 11.5. The lowest BCUT2D eigenvalue weighted by molar-refractivity contribution is -0.137. The van der Waals surface area contributed by atoms with Crippen molar-refractivity contribution in [2.24, 2.45) is 11.8 Å². The fourth-order valence-electron chi connectivity index (χ4n) is 3.82. The second kappa shape index (κ2) is 11.9. The van der Waals surface area contributed by atoms with Gasteiger partial charge in [0.15, 0.2) is 0 Å². The highest BCUT2D eigenvalue weighted by Crippen LogP contribution is 2.32. The van der Waals surface area contributed by atoms with Gasteiger partial charge < -0.3 is 15.3 Å². The number of amides is 1. The molecule has 0 atom stereocenters. The number of hydrogen-bond acceptors (Lipinski definition) is 3.